The van der Waals surface area contributed by atoms with Crippen LogP contribution in [0, 0.1) is 41.5 Å². The van der Waals surface area contributed by atoms with Crippen LogP contribution >= 0.6 is 0 Å². The van der Waals surface area contributed by atoms with Crippen molar-refractivity contribution in [3.05, 3.63) is 307 Å². The van der Waals surface area contributed by atoms with Gasteiger partial charge in [-0.05, 0) is 201 Å². The van der Waals surface area contributed by atoms with E-state index in [1.807, 2.05) is 30.6 Å². The smallest absolute Gasteiger partial charge is 0.178 e. The summed E-state index contributed by atoms with van der Waals surface area (Å²) in [7, 11) is 10.5. The highest BCUT2D eigenvalue weighted by molar-refractivity contribution is 5.87. The van der Waals surface area contributed by atoms with Gasteiger partial charge in [-0.3, -0.25) is 0 Å². The average Bonchev–Trinajstić information content (AvgIpc) is 1.62. The molecule has 0 aliphatic carbocycles. The van der Waals surface area contributed by atoms with Crippen molar-refractivity contribution in [1.29, 1.82) is 0 Å². The Balaban J connectivity index is 0.000000116. The van der Waals surface area contributed by atoms with Crippen molar-refractivity contribution in [2.24, 2.45) is 0 Å². The lowest BCUT2D eigenvalue weighted by atomic mass is 10.1. The molecule has 0 amide bonds. The molecule has 6 unspecified atom stereocenters. The highest BCUT2D eigenvalue weighted by atomic mass is 15.5. The van der Waals surface area contributed by atoms with Crippen LogP contribution in [-0.2, 0) is 0 Å². The first-order chi connectivity index (χ1) is 52.8. The molecule has 0 radical (unpaired) electrons. The lowest BCUT2D eigenvalue weighted by molar-refractivity contribution is 0.383. The molecule has 0 bridgehead atoms. The van der Waals surface area contributed by atoms with E-state index in [0.29, 0.717) is 12.3 Å². The third-order valence-electron chi connectivity index (χ3n) is 21.8. The number of benzene rings is 8. The summed E-state index contributed by atoms with van der Waals surface area (Å²) >= 11 is 0. The number of aromatic nitrogens is 6. The van der Waals surface area contributed by atoms with Crippen LogP contribution in [0.5, 0.6) is 0 Å². The first-order valence-electron chi connectivity index (χ1n) is 37.6. The first-order valence-corrected chi connectivity index (χ1v) is 37.6. The number of anilines is 17. The van der Waals surface area contributed by atoms with Crippen molar-refractivity contribution in [2.75, 3.05) is 89.1 Å². The molecule has 10 heterocycles. The maximum Gasteiger partial charge on any atom is 0.178 e. The molecule has 0 N–H and O–H groups in total. The van der Waals surface area contributed by atoms with Gasteiger partial charge in [-0.15, -0.1) is 0 Å². The van der Waals surface area contributed by atoms with E-state index < -0.39 is 0 Å². The number of para-hydroxylation sites is 9. The fraction of sp³-hybridized carbons (Fsp3) is 0.253. The summed E-state index contributed by atoms with van der Waals surface area (Å²) in [5.41, 5.74) is 21.2. The summed E-state index contributed by atoms with van der Waals surface area (Å²) < 4.78 is 0. The van der Waals surface area contributed by atoms with Gasteiger partial charge in [0.2, 0.25) is 0 Å². The average molecular weight is 1450 g/mol. The molecular formula is C91H102N18. The van der Waals surface area contributed by atoms with Crippen LogP contribution in [0.25, 0.3) is 0 Å². The van der Waals surface area contributed by atoms with Crippen molar-refractivity contribution < 1.29 is 0 Å². The van der Waals surface area contributed by atoms with E-state index in [-0.39, 0.29) is 24.7 Å². The molecule has 6 aliphatic heterocycles. The fourth-order valence-electron chi connectivity index (χ4n) is 15.2. The van der Waals surface area contributed by atoms with Gasteiger partial charge in [0.05, 0.1) is 22.7 Å². The van der Waals surface area contributed by atoms with Gasteiger partial charge in [-0.1, -0.05) is 140 Å². The molecule has 0 saturated heterocycles. The molecule has 12 aromatic rings. The molecule has 109 heavy (non-hydrogen) atoms. The molecular weight excluding hydrogens is 1350 g/mol. The molecule has 18 rings (SSSR count). The molecule has 18 nitrogen and oxygen atoms in total. The monoisotopic (exact) mass is 1450 g/mol. The highest BCUT2D eigenvalue weighted by Gasteiger charge is 2.40. The van der Waals surface area contributed by atoms with E-state index in [1.54, 1.807) is 24.8 Å². The van der Waals surface area contributed by atoms with E-state index in [2.05, 4.69) is 426 Å². The summed E-state index contributed by atoms with van der Waals surface area (Å²) in [5.74, 6) is 5.76. The SMILES string of the molecule is Cc1ccccc1N1C=CN(C)C1C.Cc1ccccc1N1c2ccccc2N(C)C1C.Cc1ccccc1N1c2cccnc2N(C)C1C.Cc1ccccc1N1c2ncccc2N(C)C1C.Cc1ccccc1N1c2nccnc2N(C)C1C.Cc1ccccc1N1c2nccnc2N(c2ccccc2)C1C. The fourth-order valence-corrected chi connectivity index (χ4v) is 15.2. The molecule has 0 spiro atoms. The predicted octanol–water partition coefficient (Wildman–Crippen LogP) is 20.3. The molecule has 0 fully saturated rings. The van der Waals surface area contributed by atoms with Crippen LogP contribution in [0.1, 0.15) is 74.9 Å². The third kappa shape index (κ3) is 14.8. The molecule has 8 aromatic carbocycles. The maximum atomic E-state index is 4.61. The number of hydrogen-bond donors (Lipinski definition) is 0. The van der Waals surface area contributed by atoms with Crippen molar-refractivity contribution in [2.45, 2.75) is 120 Å². The van der Waals surface area contributed by atoms with Gasteiger partial charge in [0.15, 0.2) is 34.9 Å². The third-order valence-corrected chi connectivity index (χ3v) is 21.8. The highest BCUT2D eigenvalue weighted by Crippen LogP contribution is 2.49. The number of pyridine rings is 2. The summed E-state index contributed by atoms with van der Waals surface area (Å²) in [6.45, 7) is 26.1. The molecule has 18 heteroatoms. The molecule has 556 valence electrons. The number of hydrogen-bond acceptors (Lipinski definition) is 18. The summed E-state index contributed by atoms with van der Waals surface area (Å²) in [5, 5.41) is 0. The van der Waals surface area contributed by atoms with E-state index >= 15 is 0 Å². The second-order valence-corrected chi connectivity index (χ2v) is 28.5. The quantitative estimate of drug-likeness (QED) is 0.151. The molecule has 0 saturated carbocycles. The van der Waals surface area contributed by atoms with Gasteiger partial charge in [-0.25, -0.2) is 29.9 Å². The van der Waals surface area contributed by atoms with Crippen LogP contribution in [0.3, 0.4) is 0 Å². The normalized spacial score (nSPS) is 18.1. The van der Waals surface area contributed by atoms with Crippen molar-refractivity contribution in [3.8, 4) is 0 Å². The Morgan fingerprint density at radius 2 is 0.514 bits per heavy atom. The van der Waals surface area contributed by atoms with E-state index in [4.69, 9.17) is 0 Å². The lowest BCUT2D eigenvalue weighted by Gasteiger charge is -2.30. The molecule has 4 aromatic heterocycles. The topological polar surface area (TPSA) is 116 Å². The van der Waals surface area contributed by atoms with Gasteiger partial charge in [-0.2, -0.15) is 0 Å². The van der Waals surface area contributed by atoms with Crippen molar-refractivity contribution in [1.82, 2.24) is 34.8 Å². The summed E-state index contributed by atoms with van der Waals surface area (Å²) in [6.07, 6.45) is 16.6. The van der Waals surface area contributed by atoms with Crippen LogP contribution in [0.15, 0.2) is 274 Å². The summed E-state index contributed by atoms with van der Waals surface area (Å²) in [4.78, 5) is 54.3. The Morgan fingerprint density at radius 3 is 0.982 bits per heavy atom. The van der Waals surface area contributed by atoms with Crippen molar-refractivity contribution >= 4 is 97.5 Å². The Hall–Kier alpha value is -12.4. The van der Waals surface area contributed by atoms with Crippen LogP contribution in [0.4, 0.5) is 97.5 Å². The number of nitrogens with zero attached hydrogens (tertiary/aromatic N) is 18. The number of rotatable bonds is 7. The maximum absolute atomic E-state index is 4.61. The van der Waals surface area contributed by atoms with Crippen LogP contribution in [-0.4, -0.2) is 107 Å². The second-order valence-electron chi connectivity index (χ2n) is 28.5. The Labute approximate surface area is 645 Å². The molecule has 6 atom stereocenters. The summed E-state index contributed by atoms with van der Waals surface area (Å²) in [6, 6.07) is 77.9. The largest absolute Gasteiger partial charge is 0.359 e. The zero-order valence-electron chi connectivity index (χ0n) is 66.0. The van der Waals surface area contributed by atoms with Crippen LogP contribution < -0.4 is 53.9 Å². The van der Waals surface area contributed by atoms with Gasteiger partial charge in [0.25, 0.3) is 0 Å². The van der Waals surface area contributed by atoms with Gasteiger partial charge >= 0.3 is 0 Å². The lowest BCUT2D eigenvalue weighted by Crippen LogP contribution is -2.36. The Morgan fingerprint density at radius 1 is 0.211 bits per heavy atom. The van der Waals surface area contributed by atoms with Gasteiger partial charge in [0, 0.05) is 125 Å². The zero-order valence-corrected chi connectivity index (χ0v) is 66.0. The van der Waals surface area contributed by atoms with Gasteiger partial charge in [0.1, 0.15) is 37.0 Å². The van der Waals surface area contributed by atoms with Crippen LogP contribution in [0.2, 0.25) is 0 Å². The predicted molar refractivity (Wildman–Crippen MR) is 455 cm³/mol. The molecule has 6 aliphatic rings. The minimum absolute atomic E-state index is 0.107. The second kappa shape index (κ2) is 32.7. The van der Waals surface area contributed by atoms with Crippen molar-refractivity contribution in [3.63, 3.8) is 0 Å². The van der Waals surface area contributed by atoms with E-state index in [0.717, 1.165) is 40.6 Å². The number of fused-ring (bicyclic) bond motifs is 5. The Bertz CT molecular complexity index is 4710. The first kappa shape index (κ1) is 74.8. The minimum atomic E-state index is 0.107. The van der Waals surface area contributed by atoms with E-state index in [9.17, 15) is 0 Å². The standard InChI is InChI=1S/C19H18N4.C16H18N2.2C15H17N3.C14H16N4.C12H16N2/c1-14-8-6-7-11-17(14)23-15(2)22(16-9-4-3-5-10-16)18-19(23)21-13-12-20-18;1-12-8-4-5-9-14(12)18-13(2)17(3)15-10-6-7-11-16(15)18;1-11-7-4-5-8-13(11)18-12(2)17(3)15-14(18)9-6-10-16-15;1-11-7-4-5-8-13(11)18-12(2)17(3)14-9-6-10-16-15(14)18;1-10-6-4-5-7-12(10)18-11(2)17(3)13-14(18)16-9-8-15-13;1-10-6-4-5-7-12(10)14-9-8-13(3)11(14)2/h3-13,15H,1-2H3;4-11,13H,1-3H3;2*4-10,12H,1-3H3;4-9,11H,1-3H3;4-9,11H,1-3H3. The van der Waals surface area contributed by atoms with E-state index in [1.165, 1.54) is 90.3 Å². The zero-order chi connectivity index (χ0) is 76.7. The Kier molecular flexibility index (Phi) is 22.5. The number of aryl methyl sites for hydroxylation is 6. The minimum Gasteiger partial charge on any atom is -0.359 e. The van der Waals surface area contributed by atoms with Gasteiger partial charge < -0.3 is 58.8 Å².